The van der Waals surface area contributed by atoms with E-state index in [4.69, 9.17) is 9.47 Å². The normalized spacial score (nSPS) is 14.1. The maximum Gasteiger partial charge on any atom is 0.165 e. The third kappa shape index (κ3) is 3.34. The molecule has 106 valence electrons. The second-order valence-corrected chi connectivity index (χ2v) is 6.54. The maximum atomic E-state index is 5.82. The Kier molecular flexibility index (Phi) is 4.60. The highest BCUT2D eigenvalue weighted by atomic mass is 79.9. The summed E-state index contributed by atoms with van der Waals surface area (Å²) in [6, 6.07) is 8.22. The zero-order chi connectivity index (χ0) is 13.8. The molecule has 2 heterocycles. The zero-order valence-corrected chi connectivity index (χ0v) is 13.4. The Labute approximate surface area is 131 Å². The minimum absolute atomic E-state index is 0.724. The fraction of sp³-hybridized carbons (Fsp3) is 0.333. The summed E-state index contributed by atoms with van der Waals surface area (Å²) < 4.78 is 12.7. The first-order valence-electron chi connectivity index (χ1n) is 6.64. The molecule has 3 rings (SSSR count). The van der Waals surface area contributed by atoms with Crippen molar-refractivity contribution >= 4 is 27.3 Å². The van der Waals surface area contributed by atoms with Gasteiger partial charge in [-0.15, -0.1) is 11.3 Å². The van der Waals surface area contributed by atoms with Gasteiger partial charge in [-0.2, -0.15) is 0 Å². The van der Waals surface area contributed by atoms with Crippen molar-refractivity contribution in [1.29, 1.82) is 0 Å². The van der Waals surface area contributed by atoms with E-state index in [0.717, 1.165) is 54.3 Å². The Hall–Kier alpha value is -1.04. The molecule has 1 aromatic heterocycles. The first-order chi connectivity index (χ1) is 9.83. The molecule has 1 aliphatic rings. The van der Waals surface area contributed by atoms with Gasteiger partial charge in [0.05, 0.1) is 13.2 Å². The smallest absolute Gasteiger partial charge is 0.165 e. The van der Waals surface area contributed by atoms with Crippen molar-refractivity contribution in [3.63, 3.8) is 0 Å². The SMILES string of the molecule is Brc1csc(CNCc2cccc3c2OCCCO3)c1. The Balaban J connectivity index is 1.65. The van der Waals surface area contributed by atoms with Gasteiger partial charge in [-0.05, 0) is 28.1 Å². The van der Waals surface area contributed by atoms with Crippen molar-refractivity contribution < 1.29 is 9.47 Å². The van der Waals surface area contributed by atoms with Gasteiger partial charge in [-0.3, -0.25) is 0 Å². The summed E-state index contributed by atoms with van der Waals surface area (Å²) in [4.78, 5) is 1.32. The summed E-state index contributed by atoms with van der Waals surface area (Å²) in [5, 5.41) is 5.56. The van der Waals surface area contributed by atoms with E-state index in [-0.39, 0.29) is 0 Å². The van der Waals surface area contributed by atoms with Crippen LogP contribution in [0.5, 0.6) is 11.5 Å². The third-order valence-electron chi connectivity index (χ3n) is 3.09. The first-order valence-corrected chi connectivity index (χ1v) is 8.31. The second kappa shape index (κ2) is 6.61. The van der Waals surface area contributed by atoms with E-state index in [0.29, 0.717) is 0 Å². The van der Waals surface area contributed by atoms with Gasteiger partial charge in [0.1, 0.15) is 0 Å². The van der Waals surface area contributed by atoms with Crippen LogP contribution in [0.25, 0.3) is 0 Å². The van der Waals surface area contributed by atoms with Crippen LogP contribution in [-0.2, 0) is 13.1 Å². The lowest BCUT2D eigenvalue weighted by atomic mass is 10.2. The van der Waals surface area contributed by atoms with Crippen LogP contribution >= 0.6 is 27.3 Å². The average molecular weight is 354 g/mol. The average Bonchev–Trinajstić information content (AvgIpc) is 2.73. The number of halogens is 1. The molecule has 2 aromatic rings. The van der Waals surface area contributed by atoms with Crippen molar-refractivity contribution in [2.45, 2.75) is 19.5 Å². The van der Waals surface area contributed by atoms with Gasteiger partial charge in [0, 0.05) is 39.8 Å². The molecule has 0 aliphatic carbocycles. The molecule has 1 aromatic carbocycles. The Bertz CT molecular complexity index is 585. The molecule has 0 amide bonds. The molecule has 5 heteroatoms. The predicted octanol–water partition coefficient (Wildman–Crippen LogP) is 3.96. The van der Waals surface area contributed by atoms with Crippen molar-refractivity contribution in [1.82, 2.24) is 5.32 Å². The highest BCUT2D eigenvalue weighted by molar-refractivity contribution is 9.10. The van der Waals surface area contributed by atoms with E-state index in [9.17, 15) is 0 Å². The number of para-hydroxylation sites is 1. The molecule has 0 radical (unpaired) electrons. The number of fused-ring (bicyclic) bond motifs is 1. The van der Waals surface area contributed by atoms with E-state index in [1.807, 2.05) is 12.1 Å². The van der Waals surface area contributed by atoms with Crippen LogP contribution in [0.4, 0.5) is 0 Å². The quantitative estimate of drug-likeness (QED) is 0.902. The lowest BCUT2D eigenvalue weighted by molar-refractivity contribution is 0.296. The number of hydrogen-bond donors (Lipinski definition) is 1. The van der Waals surface area contributed by atoms with Gasteiger partial charge in [-0.25, -0.2) is 0 Å². The van der Waals surface area contributed by atoms with Gasteiger partial charge in [-0.1, -0.05) is 12.1 Å². The van der Waals surface area contributed by atoms with Crippen molar-refractivity contribution in [2.75, 3.05) is 13.2 Å². The monoisotopic (exact) mass is 353 g/mol. The van der Waals surface area contributed by atoms with Crippen LogP contribution in [-0.4, -0.2) is 13.2 Å². The van der Waals surface area contributed by atoms with Gasteiger partial charge < -0.3 is 14.8 Å². The molecule has 0 spiro atoms. The molecule has 0 unspecified atom stereocenters. The van der Waals surface area contributed by atoms with E-state index in [2.05, 4.69) is 38.8 Å². The minimum atomic E-state index is 0.724. The topological polar surface area (TPSA) is 30.5 Å². The number of rotatable bonds is 4. The highest BCUT2D eigenvalue weighted by Crippen LogP contribution is 2.33. The van der Waals surface area contributed by atoms with Crippen LogP contribution in [0.1, 0.15) is 16.9 Å². The van der Waals surface area contributed by atoms with Crippen molar-refractivity contribution in [3.8, 4) is 11.5 Å². The highest BCUT2D eigenvalue weighted by Gasteiger charge is 2.13. The number of nitrogens with one attached hydrogen (secondary N) is 1. The van der Waals surface area contributed by atoms with Crippen LogP contribution in [0.3, 0.4) is 0 Å². The number of ether oxygens (including phenoxy) is 2. The van der Waals surface area contributed by atoms with E-state index in [1.165, 1.54) is 4.88 Å². The zero-order valence-electron chi connectivity index (χ0n) is 11.0. The fourth-order valence-corrected chi connectivity index (χ4v) is 3.58. The Morgan fingerprint density at radius 1 is 1.20 bits per heavy atom. The molecular formula is C15H16BrNO2S. The molecule has 0 fully saturated rings. The molecule has 0 bridgehead atoms. The maximum absolute atomic E-state index is 5.82. The third-order valence-corrected chi connectivity index (χ3v) is 4.79. The lowest BCUT2D eigenvalue weighted by Gasteiger charge is -2.12. The summed E-state index contributed by atoms with van der Waals surface area (Å²) in [7, 11) is 0. The lowest BCUT2D eigenvalue weighted by Crippen LogP contribution is -2.13. The van der Waals surface area contributed by atoms with Crippen LogP contribution < -0.4 is 14.8 Å². The summed E-state index contributed by atoms with van der Waals surface area (Å²) in [6.45, 7) is 3.10. The van der Waals surface area contributed by atoms with E-state index >= 15 is 0 Å². The van der Waals surface area contributed by atoms with Crippen molar-refractivity contribution in [2.24, 2.45) is 0 Å². The molecule has 0 saturated carbocycles. The summed E-state index contributed by atoms with van der Waals surface area (Å²) >= 11 is 5.22. The molecule has 20 heavy (non-hydrogen) atoms. The number of hydrogen-bond acceptors (Lipinski definition) is 4. The van der Waals surface area contributed by atoms with Crippen LogP contribution in [0.15, 0.2) is 34.1 Å². The van der Waals surface area contributed by atoms with Crippen LogP contribution in [0.2, 0.25) is 0 Å². The standard InChI is InChI=1S/C15H16BrNO2S/c16-12-7-13(20-10-12)9-17-8-11-3-1-4-14-15(11)19-6-2-5-18-14/h1,3-4,7,10,17H,2,5-6,8-9H2. The molecule has 1 aliphatic heterocycles. The summed E-state index contributed by atoms with van der Waals surface area (Å²) in [5.41, 5.74) is 1.15. The summed E-state index contributed by atoms with van der Waals surface area (Å²) in [5.74, 6) is 1.76. The first kappa shape index (κ1) is 13.9. The molecule has 1 N–H and O–H groups in total. The van der Waals surface area contributed by atoms with Crippen LogP contribution in [0, 0.1) is 0 Å². The molecule has 0 atom stereocenters. The number of benzene rings is 1. The number of thiophene rings is 1. The second-order valence-electron chi connectivity index (χ2n) is 4.63. The minimum Gasteiger partial charge on any atom is -0.490 e. The molecule has 0 saturated heterocycles. The molecular weight excluding hydrogens is 338 g/mol. The van der Waals surface area contributed by atoms with E-state index in [1.54, 1.807) is 11.3 Å². The van der Waals surface area contributed by atoms with E-state index < -0.39 is 0 Å². The van der Waals surface area contributed by atoms with Gasteiger partial charge in [0.15, 0.2) is 11.5 Å². The largest absolute Gasteiger partial charge is 0.490 e. The van der Waals surface area contributed by atoms with Gasteiger partial charge in [0.2, 0.25) is 0 Å². The Morgan fingerprint density at radius 3 is 2.95 bits per heavy atom. The van der Waals surface area contributed by atoms with Gasteiger partial charge >= 0.3 is 0 Å². The fourth-order valence-electron chi connectivity index (χ4n) is 2.16. The predicted molar refractivity (Wildman–Crippen MR) is 84.6 cm³/mol. The Morgan fingerprint density at radius 2 is 2.10 bits per heavy atom. The van der Waals surface area contributed by atoms with Crippen molar-refractivity contribution in [3.05, 3.63) is 44.6 Å². The van der Waals surface area contributed by atoms with Gasteiger partial charge in [0.25, 0.3) is 0 Å². The molecule has 3 nitrogen and oxygen atoms in total. The summed E-state index contributed by atoms with van der Waals surface area (Å²) in [6.07, 6.45) is 0.935.